The van der Waals surface area contributed by atoms with Crippen LogP contribution in [-0.2, 0) is 0 Å². The van der Waals surface area contributed by atoms with Crippen LogP contribution in [0.3, 0.4) is 0 Å². The average molecular weight is 466 g/mol. The van der Waals surface area contributed by atoms with Gasteiger partial charge < -0.3 is 5.32 Å². The quantitative estimate of drug-likeness (QED) is 0.375. The number of nitrogens with one attached hydrogen (secondary N) is 2. The third kappa shape index (κ3) is 3.56. The molecule has 8 nitrogen and oxygen atoms in total. The Labute approximate surface area is 197 Å². The smallest absolute Gasteiger partial charge is 0.273 e. The van der Waals surface area contributed by atoms with E-state index in [-0.39, 0.29) is 5.56 Å². The minimum absolute atomic E-state index is 0.288. The Hall–Kier alpha value is -4.56. The van der Waals surface area contributed by atoms with Crippen LogP contribution < -0.4 is 10.9 Å². The standard InChI is InChI=1S/C25H16ClN7O/c26-16-10-12-17(13-11-16)33-21(34)14-20-22(32-33)25(31-30-20)29-24-18-8-4-5-9-19(18)27-23(28-24)15-6-2-1-3-7-15/h1-14,30H,(H,27,28,29,31). The Balaban J connectivity index is 1.49. The molecule has 0 aliphatic heterocycles. The summed E-state index contributed by atoms with van der Waals surface area (Å²) in [7, 11) is 0. The number of nitrogens with zero attached hydrogens (tertiary/aromatic N) is 5. The van der Waals surface area contributed by atoms with E-state index in [0.29, 0.717) is 39.2 Å². The summed E-state index contributed by atoms with van der Waals surface area (Å²) in [6.45, 7) is 0. The van der Waals surface area contributed by atoms with Crippen LogP contribution in [0, 0.1) is 0 Å². The second-order valence-corrected chi connectivity index (χ2v) is 8.05. The van der Waals surface area contributed by atoms with Gasteiger partial charge in [-0.3, -0.25) is 9.89 Å². The van der Waals surface area contributed by atoms with Crippen LogP contribution in [-0.4, -0.2) is 29.9 Å². The molecule has 0 atom stereocenters. The largest absolute Gasteiger partial charge is 0.321 e. The molecule has 0 aliphatic rings. The molecule has 0 amide bonds. The Kier molecular flexibility index (Phi) is 4.78. The van der Waals surface area contributed by atoms with Gasteiger partial charge in [0.05, 0.1) is 16.7 Å². The Morgan fingerprint density at radius 3 is 2.44 bits per heavy atom. The zero-order chi connectivity index (χ0) is 23.1. The lowest BCUT2D eigenvalue weighted by Crippen LogP contribution is -2.20. The molecule has 0 fully saturated rings. The molecule has 3 aromatic heterocycles. The molecule has 2 N–H and O–H groups in total. The van der Waals surface area contributed by atoms with Gasteiger partial charge in [0.1, 0.15) is 5.82 Å². The molecule has 164 valence electrons. The van der Waals surface area contributed by atoms with Crippen molar-refractivity contribution in [2.45, 2.75) is 0 Å². The van der Waals surface area contributed by atoms with Crippen molar-refractivity contribution < 1.29 is 0 Å². The van der Waals surface area contributed by atoms with Crippen LogP contribution >= 0.6 is 11.6 Å². The number of anilines is 2. The molecule has 0 spiro atoms. The second kappa shape index (κ2) is 8.09. The maximum Gasteiger partial charge on any atom is 0.273 e. The molecule has 0 aliphatic carbocycles. The highest BCUT2D eigenvalue weighted by Gasteiger charge is 2.15. The summed E-state index contributed by atoms with van der Waals surface area (Å²) >= 11 is 5.99. The van der Waals surface area contributed by atoms with Gasteiger partial charge in [0.2, 0.25) is 0 Å². The normalized spacial score (nSPS) is 11.2. The zero-order valence-corrected chi connectivity index (χ0v) is 18.4. The van der Waals surface area contributed by atoms with Crippen molar-refractivity contribution in [3.05, 3.63) is 100 Å². The van der Waals surface area contributed by atoms with Gasteiger partial charge in [0, 0.05) is 22.0 Å². The maximum absolute atomic E-state index is 12.6. The SMILES string of the molecule is O=c1cc2[nH]nc(Nc3nc(-c4ccccc4)nc4ccccc34)c2nn1-c1ccc(Cl)cc1. The van der Waals surface area contributed by atoms with Crippen molar-refractivity contribution in [2.24, 2.45) is 0 Å². The molecule has 3 heterocycles. The second-order valence-electron chi connectivity index (χ2n) is 7.61. The van der Waals surface area contributed by atoms with Gasteiger partial charge >= 0.3 is 0 Å². The first-order valence-electron chi connectivity index (χ1n) is 10.5. The predicted molar refractivity (Wildman–Crippen MR) is 133 cm³/mol. The molecular weight excluding hydrogens is 450 g/mol. The summed E-state index contributed by atoms with van der Waals surface area (Å²) in [6.07, 6.45) is 0. The summed E-state index contributed by atoms with van der Waals surface area (Å²) in [5.74, 6) is 1.62. The molecule has 9 heteroatoms. The first-order chi connectivity index (χ1) is 16.7. The summed E-state index contributed by atoms with van der Waals surface area (Å²) < 4.78 is 1.31. The first-order valence-corrected chi connectivity index (χ1v) is 10.9. The first kappa shape index (κ1) is 20.1. The summed E-state index contributed by atoms with van der Waals surface area (Å²) in [4.78, 5) is 22.1. The fraction of sp³-hybridized carbons (Fsp3) is 0. The number of fused-ring (bicyclic) bond motifs is 2. The van der Waals surface area contributed by atoms with Crippen molar-refractivity contribution in [3.63, 3.8) is 0 Å². The van der Waals surface area contributed by atoms with Gasteiger partial charge in [-0.15, -0.1) is 0 Å². The summed E-state index contributed by atoms with van der Waals surface area (Å²) in [5.41, 5.74) is 3.02. The number of benzene rings is 3. The van der Waals surface area contributed by atoms with E-state index in [4.69, 9.17) is 21.6 Å². The van der Waals surface area contributed by atoms with Crippen LogP contribution in [0.2, 0.25) is 5.02 Å². The third-order valence-electron chi connectivity index (χ3n) is 5.39. The molecule has 34 heavy (non-hydrogen) atoms. The number of hydrogen-bond donors (Lipinski definition) is 2. The van der Waals surface area contributed by atoms with Crippen LogP contribution in [0.15, 0.2) is 89.7 Å². The van der Waals surface area contributed by atoms with Gasteiger partial charge in [-0.2, -0.15) is 14.9 Å². The molecule has 0 bridgehead atoms. The van der Waals surface area contributed by atoms with E-state index in [1.165, 1.54) is 10.7 Å². The number of halogens is 1. The molecule has 6 rings (SSSR count). The topological polar surface area (TPSA) is 101 Å². The lowest BCUT2D eigenvalue weighted by molar-refractivity contribution is 0.832. The number of aromatic nitrogens is 6. The fourth-order valence-electron chi connectivity index (χ4n) is 3.74. The predicted octanol–water partition coefficient (Wildman–Crippen LogP) is 5.12. The molecule has 0 unspecified atom stereocenters. The van der Waals surface area contributed by atoms with Crippen molar-refractivity contribution in [3.8, 4) is 17.1 Å². The summed E-state index contributed by atoms with van der Waals surface area (Å²) in [6, 6.07) is 25.9. The van der Waals surface area contributed by atoms with E-state index >= 15 is 0 Å². The lowest BCUT2D eigenvalue weighted by Gasteiger charge is -2.10. The van der Waals surface area contributed by atoms with Crippen molar-refractivity contribution in [1.82, 2.24) is 29.9 Å². The van der Waals surface area contributed by atoms with Crippen molar-refractivity contribution in [2.75, 3.05) is 5.32 Å². The Morgan fingerprint density at radius 1 is 0.853 bits per heavy atom. The van der Waals surface area contributed by atoms with Gasteiger partial charge in [-0.05, 0) is 36.4 Å². The van der Waals surface area contributed by atoms with Gasteiger partial charge in [0.25, 0.3) is 5.56 Å². The molecule has 6 aromatic rings. The lowest BCUT2D eigenvalue weighted by atomic mass is 10.2. The molecule has 3 aromatic carbocycles. The minimum atomic E-state index is -0.288. The number of para-hydroxylation sites is 1. The average Bonchev–Trinajstić information content (AvgIpc) is 3.25. The fourth-order valence-corrected chi connectivity index (χ4v) is 3.87. The highest BCUT2D eigenvalue weighted by Crippen LogP contribution is 2.28. The highest BCUT2D eigenvalue weighted by molar-refractivity contribution is 6.30. The molecule has 0 saturated heterocycles. The van der Waals surface area contributed by atoms with Crippen molar-refractivity contribution >= 4 is 45.2 Å². The van der Waals surface area contributed by atoms with Crippen LogP contribution in [0.5, 0.6) is 0 Å². The Bertz CT molecular complexity index is 1710. The van der Waals surface area contributed by atoms with E-state index in [0.717, 1.165) is 16.5 Å². The van der Waals surface area contributed by atoms with E-state index in [1.807, 2.05) is 54.6 Å². The number of rotatable bonds is 4. The van der Waals surface area contributed by atoms with E-state index in [1.54, 1.807) is 24.3 Å². The van der Waals surface area contributed by atoms with Gasteiger partial charge in [0.15, 0.2) is 17.2 Å². The number of H-pyrrole nitrogens is 1. The van der Waals surface area contributed by atoms with Crippen molar-refractivity contribution in [1.29, 1.82) is 0 Å². The van der Waals surface area contributed by atoms with Gasteiger partial charge in [-0.1, -0.05) is 54.1 Å². The van der Waals surface area contributed by atoms with E-state index in [9.17, 15) is 4.79 Å². The van der Waals surface area contributed by atoms with E-state index < -0.39 is 0 Å². The van der Waals surface area contributed by atoms with Crippen LogP contribution in [0.1, 0.15) is 0 Å². The molecule has 0 radical (unpaired) electrons. The van der Waals surface area contributed by atoms with E-state index in [2.05, 4.69) is 20.6 Å². The Morgan fingerprint density at radius 2 is 1.62 bits per heavy atom. The molecular formula is C25H16ClN7O. The van der Waals surface area contributed by atoms with Crippen LogP contribution in [0.4, 0.5) is 11.6 Å². The third-order valence-corrected chi connectivity index (χ3v) is 5.64. The number of hydrogen-bond acceptors (Lipinski definition) is 6. The monoisotopic (exact) mass is 465 g/mol. The number of aromatic amines is 1. The minimum Gasteiger partial charge on any atom is -0.321 e. The zero-order valence-electron chi connectivity index (χ0n) is 17.6. The van der Waals surface area contributed by atoms with Crippen LogP contribution in [0.25, 0.3) is 39.0 Å². The molecule has 0 saturated carbocycles. The highest BCUT2D eigenvalue weighted by atomic mass is 35.5. The maximum atomic E-state index is 12.6. The summed E-state index contributed by atoms with van der Waals surface area (Å²) in [5, 5.41) is 16.5. The van der Waals surface area contributed by atoms with Gasteiger partial charge in [-0.25, -0.2) is 9.97 Å².